The first-order valence-corrected chi connectivity index (χ1v) is 6.92. The van der Waals surface area contributed by atoms with Gasteiger partial charge in [-0.3, -0.25) is 4.68 Å². The number of rotatable bonds is 5. The molecule has 0 radical (unpaired) electrons. The van der Waals surface area contributed by atoms with Crippen LogP contribution in [0.4, 0.5) is 0 Å². The molecule has 3 heteroatoms. The topological polar surface area (TPSA) is 38.0 Å². The largest absolute Gasteiger partial charge is 0.392 e. The van der Waals surface area contributed by atoms with Gasteiger partial charge in [-0.25, -0.2) is 0 Å². The smallest absolute Gasteiger partial charge is 0.0640 e. The van der Waals surface area contributed by atoms with E-state index < -0.39 is 0 Å². The molecule has 0 amide bonds. The van der Waals surface area contributed by atoms with E-state index in [1.54, 1.807) is 0 Å². The zero-order valence-corrected chi connectivity index (χ0v) is 11.3. The van der Waals surface area contributed by atoms with Crippen molar-refractivity contribution in [2.24, 2.45) is 7.05 Å². The summed E-state index contributed by atoms with van der Waals surface area (Å²) < 4.78 is 1.81. The van der Waals surface area contributed by atoms with Crippen LogP contribution in [0.1, 0.15) is 30.4 Å². The molecule has 1 unspecified atom stereocenters. The van der Waals surface area contributed by atoms with E-state index in [2.05, 4.69) is 29.4 Å². The molecule has 1 aliphatic rings. The summed E-state index contributed by atoms with van der Waals surface area (Å²) in [5, 5.41) is 14.7. The lowest BCUT2D eigenvalue weighted by molar-refractivity contribution is 0.122. The minimum absolute atomic E-state index is 0.0173. The van der Waals surface area contributed by atoms with Crippen molar-refractivity contribution in [1.29, 1.82) is 0 Å². The van der Waals surface area contributed by atoms with Gasteiger partial charge in [0, 0.05) is 18.7 Å². The van der Waals surface area contributed by atoms with Gasteiger partial charge in [-0.05, 0) is 36.8 Å². The number of aryl methyl sites for hydroxylation is 2. The SMILES string of the molecule is Cn1cc(CCC(O)C2(c3ccccc3)CC2)cn1. The monoisotopic (exact) mass is 256 g/mol. The van der Waals surface area contributed by atoms with Crippen LogP contribution in [0, 0.1) is 0 Å². The highest BCUT2D eigenvalue weighted by molar-refractivity contribution is 5.33. The van der Waals surface area contributed by atoms with Crippen LogP contribution >= 0.6 is 0 Å². The van der Waals surface area contributed by atoms with Gasteiger partial charge in [-0.1, -0.05) is 30.3 Å². The van der Waals surface area contributed by atoms with E-state index in [1.807, 2.05) is 30.2 Å². The minimum atomic E-state index is -0.255. The summed E-state index contributed by atoms with van der Waals surface area (Å²) >= 11 is 0. The van der Waals surface area contributed by atoms with Gasteiger partial charge < -0.3 is 5.11 Å². The molecule has 0 saturated heterocycles. The quantitative estimate of drug-likeness (QED) is 0.892. The standard InChI is InChI=1S/C16H20N2O/c1-18-12-13(11-17-18)7-8-15(19)16(9-10-16)14-5-3-2-4-6-14/h2-6,11-12,15,19H,7-10H2,1H3. The van der Waals surface area contributed by atoms with E-state index in [0.717, 1.165) is 25.7 Å². The number of aliphatic hydroxyl groups is 1. The Morgan fingerprint density at radius 2 is 2.05 bits per heavy atom. The van der Waals surface area contributed by atoms with E-state index in [0.29, 0.717) is 0 Å². The molecule has 1 atom stereocenters. The van der Waals surface area contributed by atoms with Gasteiger partial charge in [-0.2, -0.15) is 5.10 Å². The van der Waals surface area contributed by atoms with Crippen LogP contribution in [0.3, 0.4) is 0 Å². The lowest BCUT2D eigenvalue weighted by Crippen LogP contribution is -2.26. The minimum Gasteiger partial charge on any atom is -0.392 e. The highest BCUT2D eigenvalue weighted by Gasteiger charge is 2.49. The summed E-state index contributed by atoms with van der Waals surface area (Å²) in [5.74, 6) is 0. The van der Waals surface area contributed by atoms with Gasteiger partial charge in [0.05, 0.1) is 12.3 Å². The van der Waals surface area contributed by atoms with Gasteiger partial charge in [0.25, 0.3) is 0 Å². The molecule has 3 rings (SSSR count). The summed E-state index contributed by atoms with van der Waals surface area (Å²) in [5.41, 5.74) is 2.50. The fourth-order valence-electron chi connectivity index (χ4n) is 2.90. The molecule has 1 aliphatic carbocycles. The number of benzene rings is 1. The predicted molar refractivity (Wildman–Crippen MR) is 74.9 cm³/mol. The lowest BCUT2D eigenvalue weighted by atomic mass is 9.87. The normalized spacial score (nSPS) is 18.2. The van der Waals surface area contributed by atoms with Crippen molar-refractivity contribution in [1.82, 2.24) is 9.78 Å². The molecule has 1 N–H and O–H groups in total. The van der Waals surface area contributed by atoms with Crippen molar-refractivity contribution >= 4 is 0 Å². The third-order valence-corrected chi connectivity index (χ3v) is 4.24. The summed E-state index contributed by atoms with van der Waals surface area (Å²) in [6.07, 6.45) is 7.56. The average molecular weight is 256 g/mol. The van der Waals surface area contributed by atoms with Crippen molar-refractivity contribution in [3.63, 3.8) is 0 Å². The molecule has 1 aromatic carbocycles. The van der Waals surface area contributed by atoms with Gasteiger partial charge >= 0.3 is 0 Å². The first-order valence-electron chi connectivity index (χ1n) is 6.92. The molecule has 1 heterocycles. The number of nitrogens with zero attached hydrogens (tertiary/aromatic N) is 2. The summed E-state index contributed by atoms with van der Waals surface area (Å²) in [4.78, 5) is 0. The second kappa shape index (κ2) is 4.82. The Labute approximate surface area is 113 Å². The molecule has 1 fully saturated rings. The second-order valence-electron chi connectivity index (χ2n) is 5.60. The maximum atomic E-state index is 10.5. The number of hydrogen-bond donors (Lipinski definition) is 1. The van der Waals surface area contributed by atoms with Gasteiger partial charge in [0.2, 0.25) is 0 Å². The molecule has 19 heavy (non-hydrogen) atoms. The zero-order valence-electron chi connectivity index (χ0n) is 11.3. The highest BCUT2D eigenvalue weighted by atomic mass is 16.3. The van der Waals surface area contributed by atoms with Gasteiger partial charge in [0.15, 0.2) is 0 Å². The molecule has 100 valence electrons. The summed E-state index contributed by atoms with van der Waals surface area (Å²) in [6, 6.07) is 10.4. The van der Waals surface area contributed by atoms with E-state index in [4.69, 9.17) is 0 Å². The Bertz CT molecular complexity index is 543. The Morgan fingerprint density at radius 3 is 2.63 bits per heavy atom. The molecule has 3 nitrogen and oxygen atoms in total. The molecule has 0 bridgehead atoms. The Morgan fingerprint density at radius 1 is 1.32 bits per heavy atom. The summed E-state index contributed by atoms with van der Waals surface area (Å²) in [6.45, 7) is 0. The summed E-state index contributed by atoms with van der Waals surface area (Å²) in [7, 11) is 1.92. The van der Waals surface area contributed by atoms with Crippen LogP contribution < -0.4 is 0 Å². The van der Waals surface area contributed by atoms with Gasteiger partial charge in [-0.15, -0.1) is 0 Å². The van der Waals surface area contributed by atoms with Crippen LogP contribution in [-0.2, 0) is 18.9 Å². The third kappa shape index (κ3) is 2.43. The zero-order chi connectivity index (χ0) is 13.3. The fraction of sp³-hybridized carbons (Fsp3) is 0.438. The first kappa shape index (κ1) is 12.4. The van der Waals surface area contributed by atoms with Crippen molar-refractivity contribution in [2.75, 3.05) is 0 Å². The van der Waals surface area contributed by atoms with E-state index in [-0.39, 0.29) is 11.5 Å². The number of aromatic nitrogens is 2. The molecule has 1 aromatic heterocycles. The van der Waals surface area contributed by atoms with Crippen LogP contribution in [0.2, 0.25) is 0 Å². The van der Waals surface area contributed by atoms with Crippen LogP contribution in [0.5, 0.6) is 0 Å². The third-order valence-electron chi connectivity index (χ3n) is 4.24. The number of hydrogen-bond acceptors (Lipinski definition) is 2. The molecule has 2 aromatic rings. The first-order chi connectivity index (χ1) is 9.21. The Balaban J connectivity index is 1.66. The van der Waals surface area contributed by atoms with E-state index in [1.165, 1.54) is 11.1 Å². The van der Waals surface area contributed by atoms with E-state index >= 15 is 0 Å². The Kier molecular flexibility index (Phi) is 3.15. The van der Waals surface area contributed by atoms with Crippen LogP contribution in [-0.4, -0.2) is 21.0 Å². The fourth-order valence-corrected chi connectivity index (χ4v) is 2.90. The van der Waals surface area contributed by atoms with Crippen molar-refractivity contribution in [3.05, 3.63) is 53.9 Å². The van der Waals surface area contributed by atoms with E-state index in [9.17, 15) is 5.11 Å². The predicted octanol–water partition coefficient (Wildman–Crippen LogP) is 2.45. The molecule has 0 aliphatic heterocycles. The highest BCUT2D eigenvalue weighted by Crippen LogP contribution is 2.51. The number of aliphatic hydroxyl groups excluding tert-OH is 1. The molecule has 1 saturated carbocycles. The van der Waals surface area contributed by atoms with Crippen LogP contribution in [0.15, 0.2) is 42.7 Å². The molecular formula is C16H20N2O. The molecular weight excluding hydrogens is 236 g/mol. The second-order valence-corrected chi connectivity index (χ2v) is 5.60. The average Bonchev–Trinajstić information content (AvgIpc) is 3.15. The van der Waals surface area contributed by atoms with Crippen molar-refractivity contribution in [2.45, 2.75) is 37.2 Å². The van der Waals surface area contributed by atoms with Gasteiger partial charge in [0.1, 0.15) is 0 Å². The lowest BCUT2D eigenvalue weighted by Gasteiger charge is -2.22. The van der Waals surface area contributed by atoms with Crippen molar-refractivity contribution in [3.8, 4) is 0 Å². The maximum absolute atomic E-state index is 10.5. The Hall–Kier alpha value is -1.61. The van der Waals surface area contributed by atoms with Crippen LogP contribution in [0.25, 0.3) is 0 Å². The maximum Gasteiger partial charge on any atom is 0.0640 e. The van der Waals surface area contributed by atoms with Crippen molar-refractivity contribution < 1.29 is 5.11 Å². The molecule has 0 spiro atoms.